The third-order valence-electron chi connectivity index (χ3n) is 1.82. The first kappa shape index (κ1) is 10.1. The van der Waals surface area contributed by atoms with Gasteiger partial charge < -0.3 is 0 Å². The molecule has 1 nitrogen and oxygen atoms in total. The molecule has 0 N–H and O–H groups in total. The highest BCUT2D eigenvalue weighted by Gasteiger charge is 2.11. The van der Waals surface area contributed by atoms with Crippen molar-refractivity contribution in [1.82, 2.24) is 0 Å². The Labute approximate surface area is 98.5 Å². The topological polar surface area (TPSA) is 17.1 Å². The lowest BCUT2D eigenvalue weighted by Gasteiger charge is -1.96. The zero-order valence-corrected chi connectivity index (χ0v) is 10.4. The van der Waals surface area contributed by atoms with Gasteiger partial charge in [-0.15, -0.1) is 11.3 Å². The Morgan fingerprint density at radius 1 is 1.36 bits per heavy atom. The summed E-state index contributed by atoms with van der Waals surface area (Å²) in [4.78, 5) is 12.6. The standard InChI is InChI=1S/C10H7BrOS2/c11-8-2-4-14-10(8)9(12)5-7-1-3-13-6-7/h1-4,6H,5H2. The van der Waals surface area contributed by atoms with E-state index in [0.29, 0.717) is 6.42 Å². The van der Waals surface area contributed by atoms with Gasteiger partial charge in [-0.05, 0) is 49.8 Å². The van der Waals surface area contributed by atoms with Crippen LogP contribution in [-0.4, -0.2) is 5.78 Å². The van der Waals surface area contributed by atoms with Crippen LogP contribution >= 0.6 is 38.6 Å². The molecule has 14 heavy (non-hydrogen) atoms. The first-order valence-corrected chi connectivity index (χ1v) is 6.66. The number of halogens is 1. The van der Waals surface area contributed by atoms with Crippen LogP contribution in [0.5, 0.6) is 0 Å². The van der Waals surface area contributed by atoms with E-state index in [1.54, 1.807) is 11.3 Å². The number of Topliss-reactive ketones (excluding diaryl/α,β-unsaturated/α-hetero) is 1. The predicted molar refractivity (Wildman–Crippen MR) is 64.4 cm³/mol. The second kappa shape index (κ2) is 4.38. The lowest BCUT2D eigenvalue weighted by Crippen LogP contribution is -2.00. The molecule has 2 aromatic heterocycles. The molecule has 0 aliphatic carbocycles. The van der Waals surface area contributed by atoms with Crippen molar-refractivity contribution in [2.45, 2.75) is 6.42 Å². The molecular formula is C10H7BrOS2. The summed E-state index contributed by atoms with van der Waals surface area (Å²) in [5, 5.41) is 5.93. The summed E-state index contributed by atoms with van der Waals surface area (Å²) in [6.45, 7) is 0. The Hall–Kier alpha value is -0.450. The number of rotatable bonds is 3. The smallest absolute Gasteiger partial charge is 0.178 e. The Balaban J connectivity index is 2.14. The minimum Gasteiger partial charge on any atom is -0.293 e. The summed E-state index contributed by atoms with van der Waals surface area (Å²) in [7, 11) is 0. The van der Waals surface area contributed by atoms with Gasteiger partial charge in [0.05, 0.1) is 4.88 Å². The molecule has 4 heteroatoms. The highest BCUT2D eigenvalue weighted by atomic mass is 79.9. The van der Waals surface area contributed by atoms with Crippen molar-refractivity contribution >= 4 is 44.4 Å². The number of carbonyl (C=O) groups is 1. The van der Waals surface area contributed by atoms with E-state index in [1.165, 1.54) is 11.3 Å². The first-order chi connectivity index (χ1) is 6.77. The Bertz CT molecular complexity index is 431. The van der Waals surface area contributed by atoms with Gasteiger partial charge in [0.2, 0.25) is 0 Å². The minimum absolute atomic E-state index is 0.185. The summed E-state index contributed by atoms with van der Waals surface area (Å²) in [5.74, 6) is 0.185. The van der Waals surface area contributed by atoms with Crippen molar-refractivity contribution in [3.8, 4) is 0 Å². The molecule has 0 saturated carbocycles. The van der Waals surface area contributed by atoms with Crippen LogP contribution in [-0.2, 0) is 6.42 Å². The van der Waals surface area contributed by atoms with E-state index in [0.717, 1.165) is 14.9 Å². The van der Waals surface area contributed by atoms with Gasteiger partial charge in [0.1, 0.15) is 0 Å². The number of thiophene rings is 2. The number of hydrogen-bond acceptors (Lipinski definition) is 3. The molecule has 0 aliphatic rings. The maximum Gasteiger partial charge on any atom is 0.178 e. The fraction of sp³-hybridized carbons (Fsp3) is 0.100. The molecule has 72 valence electrons. The maximum absolute atomic E-state index is 11.8. The van der Waals surface area contributed by atoms with Crippen molar-refractivity contribution in [2.75, 3.05) is 0 Å². The summed E-state index contributed by atoms with van der Waals surface area (Å²) >= 11 is 6.47. The van der Waals surface area contributed by atoms with Crippen LogP contribution in [0.2, 0.25) is 0 Å². The lowest BCUT2D eigenvalue weighted by atomic mass is 10.1. The van der Waals surface area contributed by atoms with E-state index in [2.05, 4.69) is 15.9 Å². The number of ketones is 1. The maximum atomic E-state index is 11.8. The summed E-state index contributed by atoms with van der Waals surface area (Å²) in [6, 6.07) is 3.90. The third kappa shape index (κ3) is 2.13. The van der Waals surface area contributed by atoms with E-state index in [1.807, 2.05) is 28.3 Å². The molecule has 0 unspecified atom stereocenters. The molecule has 0 bridgehead atoms. The Morgan fingerprint density at radius 3 is 2.79 bits per heavy atom. The summed E-state index contributed by atoms with van der Waals surface area (Å²) in [5.41, 5.74) is 1.10. The Morgan fingerprint density at radius 2 is 2.21 bits per heavy atom. The van der Waals surface area contributed by atoms with Crippen LogP contribution in [0.1, 0.15) is 15.2 Å². The van der Waals surface area contributed by atoms with Crippen LogP contribution in [0.15, 0.2) is 32.7 Å². The molecule has 0 atom stereocenters. The van der Waals surface area contributed by atoms with E-state index < -0.39 is 0 Å². The molecule has 0 radical (unpaired) electrons. The zero-order valence-electron chi connectivity index (χ0n) is 7.20. The average molecular weight is 287 g/mol. The molecule has 0 saturated heterocycles. The lowest BCUT2D eigenvalue weighted by molar-refractivity contribution is 0.0996. The molecule has 0 aromatic carbocycles. The van der Waals surface area contributed by atoms with Crippen molar-refractivity contribution in [2.24, 2.45) is 0 Å². The van der Waals surface area contributed by atoms with Gasteiger partial charge in [-0.25, -0.2) is 0 Å². The predicted octanol–water partition coefficient (Wildman–Crippen LogP) is 4.00. The van der Waals surface area contributed by atoms with Gasteiger partial charge in [-0.1, -0.05) is 0 Å². The van der Waals surface area contributed by atoms with Gasteiger partial charge in [-0.3, -0.25) is 4.79 Å². The van der Waals surface area contributed by atoms with Crippen LogP contribution in [0.25, 0.3) is 0 Å². The van der Waals surface area contributed by atoms with Crippen LogP contribution in [0, 0.1) is 0 Å². The quantitative estimate of drug-likeness (QED) is 0.780. The van der Waals surface area contributed by atoms with Gasteiger partial charge in [0.25, 0.3) is 0 Å². The SMILES string of the molecule is O=C(Cc1ccsc1)c1sccc1Br. The molecule has 2 rings (SSSR count). The second-order valence-electron chi connectivity index (χ2n) is 2.83. The van der Waals surface area contributed by atoms with Gasteiger partial charge in [0.15, 0.2) is 5.78 Å². The van der Waals surface area contributed by atoms with Crippen LogP contribution in [0.3, 0.4) is 0 Å². The minimum atomic E-state index is 0.185. The largest absolute Gasteiger partial charge is 0.293 e. The number of hydrogen-bond donors (Lipinski definition) is 0. The van der Waals surface area contributed by atoms with Crippen molar-refractivity contribution < 1.29 is 4.79 Å². The normalized spacial score (nSPS) is 10.4. The monoisotopic (exact) mass is 286 g/mol. The van der Waals surface area contributed by atoms with Crippen molar-refractivity contribution in [3.05, 3.63) is 43.2 Å². The molecule has 2 aromatic rings. The highest BCUT2D eigenvalue weighted by molar-refractivity contribution is 9.10. The van der Waals surface area contributed by atoms with E-state index in [9.17, 15) is 4.79 Å². The van der Waals surface area contributed by atoms with Crippen LogP contribution in [0.4, 0.5) is 0 Å². The highest BCUT2D eigenvalue weighted by Crippen LogP contribution is 2.24. The molecular weight excluding hydrogens is 280 g/mol. The molecule has 0 spiro atoms. The van der Waals surface area contributed by atoms with Gasteiger partial charge in [0, 0.05) is 10.9 Å². The first-order valence-electron chi connectivity index (χ1n) is 4.04. The third-order valence-corrected chi connectivity index (χ3v) is 4.43. The molecule has 0 amide bonds. The molecule has 2 heterocycles. The van der Waals surface area contributed by atoms with E-state index >= 15 is 0 Å². The second-order valence-corrected chi connectivity index (χ2v) is 5.38. The zero-order chi connectivity index (χ0) is 9.97. The number of carbonyl (C=O) groups excluding carboxylic acids is 1. The molecule has 0 fully saturated rings. The summed E-state index contributed by atoms with van der Waals surface area (Å²) < 4.78 is 0.905. The van der Waals surface area contributed by atoms with E-state index in [-0.39, 0.29) is 5.78 Å². The summed E-state index contributed by atoms with van der Waals surface area (Å²) in [6.07, 6.45) is 0.503. The van der Waals surface area contributed by atoms with Gasteiger partial charge >= 0.3 is 0 Å². The van der Waals surface area contributed by atoms with Crippen molar-refractivity contribution in [1.29, 1.82) is 0 Å². The Kier molecular flexibility index (Phi) is 3.15. The fourth-order valence-electron chi connectivity index (χ4n) is 1.15. The fourth-order valence-corrected chi connectivity index (χ4v) is 3.35. The average Bonchev–Trinajstić information content (AvgIpc) is 2.75. The van der Waals surface area contributed by atoms with Gasteiger partial charge in [-0.2, -0.15) is 11.3 Å². The van der Waals surface area contributed by atoms with E-state index in [4.69, 9.17) is 0 Å². The van der Waals surface area contributed by atoms with Crippen LogP contribution < -0.4 is 0 Å². The van der Waals surface area contributed by atoms with Crippen molar-refractivity contribution in [3.63, 3.8) is 0 Å². The molecule has 0 aliphatic heterocycles.